The van der Waals surface area contributed by atoms with Crippen LogP contribution in [-0.4, -0.2) is 55.3 Å². The number of aryl methyl sites for hydroxylation is 1. The fourth-order valence-corrected chi connectivity index (χ4v) is 7.16. The van der Waals surface area contributed by atoms with Crippen molar-refractivity contribution in [2.75, 3.05) is 18.4 Å². The van der Waals surface area contributed by atoms with Gasteiger partial charge in [-0.05, 0) is 75.4 Å². The molecular formula is C31H33FN4O4S. The van der Waals surface area contributed by atoms with E-state index in [1.54, 1.807) is 18.2 Å². The van der Waals surface area contributed by atoms with Gasteiger partial charge in [0.1, 0.15) is 5.82 Å². The van der Waals surface area contributed by atoms with Gasteiger partial charge < -0.3 is 20.5 Å². The molecule has 3 heterocycles. The Morgan fingerprint density at radius 1 is 1.07 bits per heavy atom. The standard InChI is InChI=1S/C31H33FN4O4S/c1-18-28(33-19(2)29(18)31(38)36-13-11-22(12-14-36)34-21-7-8-21)16-25-24-15-23(9-10-27(24)35-30(25)37)41(39,40)17-20-5-3-4-6-26(20)32/h3-6,9-10,15-16,21-22,33-34H,7-8,11-14,17H2,1-2H3,(H,35,37)/b25-16-. The van der Waals surface area contributed by atoms with Crippen LogP contribution < -0.4 is 10.6 Å². The lowest BCUT2D eigenvalue weighted by molar-refractivity contribution is -0.110. The molecule has 3 aliphatic rings. The van der Waals surface area contributed by atoms with Gasteiger partial charge in [-0.2, -0.15) is 0 Å². The number of aromatic nitrogens is 1. The first-order chi connectivity index (χ1) is 19.6. The van der Waals surface area contributed by atoms with Crippen molar-refractivity contribution in [2.45, 2.75) is 62.3 Å². The van der Waals surface area contributed by atoms with Crippen molar-refractivity contribution in [2.24, 2.45) is 0 Å². The molecule has 2 amide bonds. The van der Waals surface area contributed by atoms with E-state index in [-0.39, 0.29) is 22.3 Å². The lowest BCUT2D eigenvalue weighted by atomic mass is 10.0. The topological polar surface area (TPSA) is 111 Å². The summed E-state index contributed by atoms with van der Waals surface area (Å²) < 4.78 is 40.5. The highest BCUT2D eigenvalue weighted by Gasteiger charge is 2.31. The number of fused-ring (bicyclic) bond motifs is 1. The Hall–Kier alpha value is -3.76. The maximum Gasteiger partial charge on any atom is 0.256 e. The molecule has 1 aromatic heterocycles. The highest BCUT2D eigenvalue weighted by Crippen LogP contribution is 2.36. The van der Waals surface area contributed by atoms with Crippen molar-refractivity contribution in [3.63, 3.8) is 0 Å². The number of hydrogen-bond acceptors (Lipinski definition) is 5. The number of anilines is 1. The van der Waals surface area contributed by atoms with Crippen molar-refractivity contribution in [3.8, 4) is 0 Å². The molecule has 2 fully saturated rings. The van der Waals surface area contributed by atoms with Gasteiger partial charge in [-0.25, -0.2) is 12.8 Å². The molecule has 10 heteroatoms. The Balaban J connectivity index is 1.25. The Kier molecular flexibility index (Phi) is 7.07. The summed E-state index contributed by atoms with van der Waals surface area (Å²) in [7, 11) is -3.88. The molecule has 6 rings (SSSR count). The minimum Gasteiger partial charge on any atom is -0.358 e. The van der Waals surface area contributed by atoms with Gasteiger partial charge in [-0.1, -0.05) is 18.2 Å². The summed E-state index contributed by atoms with van der Waals surface area (Å²) >= 11 is 0. The van der Waals surface area contributed by atoms with Gasteiger partial charge in [0.2, 0.25) is 0 Å². The highest BCUT2D eigenvalue weighted by molar-refractivity contribution is 7.90. The largest absolute Gasteiger partial charge is 0.358 e. The van der Waals surface area contributed by atoms with Crippen molar-refractivity contribution in [3.05, 3.63) is 81.9 Å². The number of nitrogens with zero attached hydrogens (tertiary/aromatic N) is 1. The molecular weight excluding hydrogens is 543 g/mol. The van der Waals surface area contributed by atoms with Crippen LogP contribution in [-0.2, 0) is 20.4 Å². The Labute approximate surface area is 238 Å². The molecule has 1 saturated heterocycles. The number of carbonyl (C=O) groups is 2. The number of H-pyrrole nitrogens is 1. The van der Waals surface area contributed by atoms with Crippen LogP contribution >= 0.6 is 0 Å². The normalized spacial score (nSPS) is 18.6. The minimum atomic E-state index is -3.88. The number of carbonyl (C=O) groups excluding carboxylic acids is 2. The summed E-state index contributed by atoms with van der Waals surface area (Å²) in [4.78, 5) is 31.6. The van der Waals surface area contributed by atoms with E-state index in [1.165, 1.54) is 43.2 Å². The van der Waals surface area contributed by atoms with Crippen LogP contribution in [0.2, 0.25) is 0 Å². The number of halogens is 1. The van der Waals surface area contributed by atoms with E-state index in [4.69, 9.17) is 0 Å². The molecule has 1 aliphatic carbocycles. The summed E-state index contributed by atoms with van der Waals surface area (Å²) in [5.74, 6) is -1.47. The van der Waals surface area contributed by atoms with Crippen LogP contribution in [0.1, 0.15) is 64.1 Å². The third-order valence-corrected chi connectivity index (χ3v) is 9.91. The van der Waals surface area contributed by atoms with Gasteiger partial charge in [0.15, 0.2) is 9.84 Å². The van der Waals surface area contributed by atoms with Gasteiger partial charge in [-0.3, -0.25) is 9.59 Å². The minimum absolute atomic E-state index is 0.00302. The van der Waals surface area contributed by atoms with Crippen LogP contribution in [0.15, 0.2) is 47.4 Å². The first kappa shape index (κ1) is 27.4. The molecule has 0 atom stereocenters. The van der Waals surface area contributed by atoms with Gasteiger partial charge in [0.05, 0.1) is 21.8 Å². The molecule has 8 nitrogen and oxygen atoms in total. The van der Waals surface area contributed by atoms with Crippen LogP contribution in [0, 0.1) is 19.7 Å². The van der Waals surface area contributed by atoms with Gasteiger partial charge in [-0.15, -0.1) is 0 Å². The van der Waals surface area contributed by atoms with E-state index in [0.29, 0.717) is 53.3 Å². The third kappa shape index (κ3) is 5.46. The van der Waals surface area contributed by atoms with Crippen LogP contribution in [0.4, 0.5) is 10.1 Å². The molecule has 3 N–H and O–H groups in total. The molecule has 0 bridgehead atoms. The molecule has 2 aliphatic heterocycles. The lowest BCUT2D eigenvalue weighted by Crippen LogP contribution is -2.45. The fraction of sp³-hybridized carbons (Fsp3) is 0.355. The molecule has 1 saturated carbocycles. The van der Waals surface area contributed by atoms with Gasteiger partial charge in [0.25, 0.3) is 11.8 Å². The second kappa shape index (κ2) is 10.6. The third-order valence-electron chi connectivity index (χ3n) is 8.25. The first-order valence-corrected chi connectivity index (χ1v) is 15.6. The number of benzene rings is 2. The average molecular weight is 577 g/mol. The second-order valence-electron chi connectivity index (χ2n) is 11.2. The highest BCUT2D eigenvalue weighted by atomic mass is 32.2. The first-order valence-electron chi connectivity index (χ1n) is 14.0. The van der Waals surface area contributed by atoms with Crippen LogP contribution in [0.25, 0.3) is 11.6 Å². The summed E-state index contributed by atoms with van der Waals surface area (Å²) in [6.45, 7) is 5.10. The number of likely N-dealkylation sites (tertiary alicyclic amines) is 1. The summed E-state index contributed by atoms with van der Waals surface area (Å²) in [6, 6.07) is 11.3. The average Bonchev–Trinajstić information content (AvgIpc) is 3.64. The second-order valence-corrected chi connectivity index (χ2v) is 13.2. The number of aromatic amines is 1. The van der Waals surface area contributed by atoms with Gasteiger partial charge >= 0.3 is 0 Å². The van der Waals surface area contributed by atoms with E-state index in [1.807, 2.05) is 18.7 Å². The molecule has 0 radical (unpaired) electrons. The summed E-state index contributed by atoms with van der Waals surface area (Å²) in [6.07, 6.45) is 6.01. The number of nitrogens with one attached hydrogen (secondary N) is 3. The van der Waals surface area contributed by atoms with E-state index in [9.17, 15) is 22.4 Å². The number of piperidine rings is 1. The van der Waals surface area contributed by atoms with E-state index in [2.05, 4.69) is 15.6 Å². The number of rotatable bonds is 7. The molecule has 0 unspecified atom stereocenters. The maximum atomic E-state index is 14.2. The predicted octanol–water partition coefficient (Wildman–Crippen LogP) is 4.59. The zero-order chi connectivity index (χ0) is 28.9. The van der Waals surface area contributed by atoms with E-state index < -0.39 is 21.4 Å². The van der Waals surface area contributed by atoms with Crippen molar-refractivity contribution >= 4 is 39.0 Å². The summed E-state index contributed by atoms with van der Waals surface area (Å²) in [5, 5.41) is 6.44. The number of hydrogen-bond donors (Lipinski definition) is 3. The lowest BCUT2D eigenvalue weighted by Gasteiger charge is -2.32. The van der Waals surface area contributed by atoms with Crippen molar-refractivity contribution in [1.82, 2.24) is 15.2 Å². The Bertz CT molecular complexity index is 1680. The zero-order valence-corrected chi connectivity index (χ0v) is 23.9. The molecule has 214 valence electrons. The fourth-order valence-electron chi connectivity index (χ4n) is 5.78. The Morgan fingerprint density at radius 3 is 2.49 bits per heavy atom. The monoisotopic (exact) mass is 576 g/mol. The van der Waals surface area contributed by atoms with Crippen LogP contribution in [0.5, 0.6) is 0 Å². The molecule has 41 heavy (non-hydrogen) atoms. The number of amides is 2. The zero-order valence-electron chi connectivity index (χ0n) is 23.1. The Morgan fingerprint density at radius 2 is 1.78 bits per heavy atom. The van der Waals surface area contributed by atoms with Crippen molar-refractivity contribution in [1.29, 1.82) is 0 Å². The summed E-state index contributed by atoms with van der Waals surface area (Å²) in [5.41, 5.74) is 3.98. The molecule has 3 aromatic rings. The predicted molar refractivity (Wildman–Crippen MR) is 156 cm³/mol. The van der Waals surface area contributed by atoms with E-state index >= 15 is 0 Å². The van der Waals surface area contributed by atoms with Crippen molar-refractivity contribution < 1.29 is 22.4 Å². The van der Waals surface area contributed by atoms with Gasteiger partial charge in [0, 0.05) is 53.4 Å². The SMILES string of the molecule is Cc1[nH]c(/C=C2\C(=O)Nc3ccc(S(=O)(=O)Cc4ccccc4F)cc32)c(C)c1C(=O)N1CCC(NC2CC2)CC1. The number of sulfone groups is 1. The quantitative estimate of drug-likeness (QED) is 0.356. The van der Waals surface area contributed by atoms with E-state index in [0.717, 1.165) is 24.1 Å². The smallest absolute Gasteiger partial charge is 0.256 e. The molecule has 0 spiro atoms. The van der Waals surface area contributed by atoms with Crippen LogP contribution in [0.3, 0.4) is 0 Å². The maximum absolute atomic E-state index is 14.2. The molecule has 2 aromatic carbocycles.